The van der Waals surface area contributed by atoms with Crippen LogP contribution >= 0.6 is 0 Å². The standard InChI is InChI=1S/C11H23N3O3/c1-7(2)3-8(4-10(15)16)6-14-11(17)9(13)5-12/h7-9H,3-6,12-13H2,1-2H3,(H,14,17)(H,15,16). The van der Waals surface area contributed by atoms with Crippen LogP contribution in [0.25, 0.3) is 0 Å². The number of aliphatic carboxylic acids is 1. The normalized spacial score (nSPS) is 14.4. The summed E-state index contributed by atoms with van der Waals surface area (Å²) in [5.41, 5.74) is 10.7. The fraction of sp³-hybridized carbons (Fsp3) is 0.818. The molecule has 0 aliphatic rings. The van der Waals surface area contributed by atoms with Crippen LogP contribution in [0.4, 0.5) is 0 Å². The van der Waals surface area contributed by atoms with Gasteiger partial charge in [-0.3, -0.25) is 9.59 Å². The number of rotatable bonds is 8. The Bertz CT molecular complexity index is 256. The van der Waals surface area contributed by atoms with Crippen LogP contribution in [-0.4, -0.2) is 36.1 Å². The van der Waals surface area contributed by atoms with Crippen molar-refractivity contribution >= 4 is 11.9 Å². The predicted molar refractivity (Wildman–Crippen MR) is 65.2 cm³/mol. The third-order valence-corrected chi connectivity index (χ3v) is 2.42. The quantitative estimate of drug-likeness (QED) is 0.461. The molecular weight excluding hydrogens is 222 g/mol. The van der Waals surface area contributed by atoms with Crippen molar-refractivity contribution in [3.8, 4) is 0 Å². The zero-order valence-corrected chi connectivity index (χ0v) is 10.5. The van der Waals surface area contributed by atoms with E-state index in [4.69, 9.17) is 16.6 Å². The van der Waals surface area contributed by atoms with Gasteiger partial charge in [0, 0.05) is 19.5 Å². The fourth-order valence-electron chi connectivity index (χ4n) is 1.64. The molecule has 0 bridgehead atoms. The molecule has 0 aromatic carbocycles. The number of carbonyl (C=O) groups excluding carboxylic acids is 1. The second-order valence-corrected chi connectivity index (χ2v) is 4.68. The first-order chi connectivity index (χ1) is 7.86. The first-order valence-corrected chi connectivity index (χ1v) is 5.82. The summed E-state index contributed by atoms with van der Waals surface area (Å²) in [6.07, 6.45) is 0.806. The van der Waals surface area contributed by atoms with E-state index in [1.165, 1.54) is 0 Å². The van der Waals surface area contributed by atoms with E-state index in [-0.39, 0.29) is 24.8 Å². The van der Waals surface area contributed by atoms with E-state index >= 15 is 0 Å². The number of hydrogen-bond acceptors (Lipinski definition) is 4. The molecule has 0 aliphatic carbocycles. The Kier molecular flexibility index (Phi) is 7.49. The van der Waals surface area contributed by atoms with E-state index in [1.54, 1.807) is 0 Å². The average Bonchev–Trinajstić information content (AvgIpc) is 2.22. The van der Waals surface area contributed by atoms with Gasteiger partial charge >= 0.3 is 5.97 Å². The smallest absolute Gasteiger partial charge is 0.303 e. The molecule has 2 atom stereocenters. The molecule has 0 aliphatic heterocycles. The van der Waals surface area contributed by atoms with Crippen molar-refractivity contribution < 1.29 is 14.7 Å². The van der Waals surface area contributed by atoms with E-state index in [9.17, 15) is 9.59 Å². The highest BCUT2D eigenvalue weighted by molar-refractivity contribution is 5.81. The van der Waals surface area contributed by atoms with Crippen molar-refractivity contribution in [1.82, 2.24) is 5.32 Å². The van der Waals surface area contributed by atoms with Crippen LogP contribution in [0.15, 0.2) is 0 Å². The number of hydrogen-bond donors (Lipinski definition) is 4. The SMILES string of the molecule is CC(C)CC(CNC(=O)C(N)CN)CC(=O)O. The van der Waals surface area contributed by atoms with Crippen molar-refractivity contribution in [2.24, 2.45) is 23.3 Å². The van der Waals surface area contributed by atoms with Crippen molar-refractivity contribution in [1.29, 1.82) is 0 Å². The van der Waals surface area contributed by atoms with Crippen LogP contribution in [0.3, 0.4) is 0 Å². The van der Waals surface area contributed by atoms with Crippen LogP contribution < -0.4 is 16.8 Å². The summed E-state index contributed by atoms with van der Waals surface area (Å²) < 4.78 is 0. The van der Waals surface area contributed by atoms with Crippen molar-refractivity contribution in [2.75, 3.05) is 13.1 Å². The van der Waals surface area contributed by atoms with Crippen molar-refractivity contribution in [3.63, 3.8) is 0 Å². The molecule has 0 radical (unpaired) electrons. The summed E-state index contributed by atoms with van der Waals surface area (Å²) in [5.74, 6) is -0.861. The second kappa shape index (κ2) is 8.03. The van der Waals surface area contributed by atoms with Crippen molar-refractivity contribution in [3.05, 3.63) is 0 Å². The highest BCUT2D eigenvalue weighted by Gasteiger charge is 2.17. The minimum absolute atomic E-state index is 0.0519. The second-order valence-electron chi connectivity index (χ2n) is 4.68. The molecular formula is C11H23N3O3. The molecule has 0 fully saturated rings. The molecule has 100 valence electrons. The van der Waals surface area contributed by atoms with E-state index in [0.717, 1.165) is 6.42 Å². The van der Waals surface area contributed by atoms with E-state index < -0.39 is 12.0 Å². The van der Waals surface area contributed by atoms with Gasteiger partial charge in [-0.2, -0.15) is 0 Å². The van der Waals surface area contributed by atoms with Gasteiger partial charge in [-0.25, -0.2) is 0 Å². The minimum atomic E-state index is -0.854. The molecule has 0 heterocycles. The Morgan fingerprint density at radius 3 is 2.35 bits per heavy atom. The number of nitrogens with one attached hydrogen (secondary N) is 1. The predicted octanol–water partition coefficient (Wildman–Crippen LogP) is -0.474. The number of carboxylic acid groups (broad SMARTS) is 1. The molecule has 0 aromatic heterocycles. The van der Waals surface area contributed by atoms with Crippen LogP contribution in [0.1, 0.15) is 26.7 Å². The highest BCUT2D eigenvalue weighted by atomic mass is 16.4. The molecule has 6 N–H and O–H groups in total. The molecule has 2 unspecified atom stereocenters. The van der Waals surface area contributed by atoms with Gasteiger partial charge in [-0.1, -0.05) is 13.8 Å². The number of carboxylic acids is 1. The first-order valence-electron chi connectivity index (χ1n) is 5.82. The third kappa shape index (κ3) is 7.70. The third-order valence-electron chi connectivity index (χ3n) is 2.42. The average molecular weight is 245 g/mol. The van der Waals surface area contributed by atoms with Gasteiger partial charge < -0.3 is 21.9 Å². The maximum atomic E-state index is 11.4. The number of nitrogens with two attached hydrogens (primary N) is 2. The lowest BCUT2D eigenvalue weighted by molar-refractivity contribution is -0.138. The molecule has 6 heteroatoms. The van der Waals surface area contributed by atoms with Crippen LogP contribution in [0.5, 0.6) is 0 Å². The van der Waals surface area contributed by atoms with Gasteiger partial charge in [0.1, 0.15) is 0 Å². The van der Waals surface area contributed by atoms with E-state index in [1.807, 2.05) is 13.8 Å². The summed E-state index contributed by atoms with van der Waals surface area (Å²) >= 11 is 0. The zero-order chi connectivity index (χ0) is 13.4. The van der Waals surface area contributed by atoms with Gasteiger partial charge in [-0.15, -0.1) is 0 Å². The van der Waals surface area contributed by atoms with Gasteiger partial charge in [0.05, 0.1) is 6.04 Å². The maximum Gasteiger partial charge on any atom is 0.303 e. The summed E-state index contributed by atoms with van der Waals surface area (Å²) in [6, 6.07) is -0.723. The van der Waals surface area contributed by atoms with Crippen LogP contribution in [-0.2, 0) is 9.59 Å². The lowest BCUT2D eigenvalue weighted by atomic mass is 9.94. The molecule has 17 heavy (non-hydrogen) atoms. The van der Waals surface area contributed by atoms with Crippen LogP contribution in [0.2, 0.25) is 0 Å². The van der Waals surface area contributed by atoms with Crippen molar-refractivity contribution in [2.45, 2.75) is 32.7 Å². The molecule has 0 aromatic rings. The fourth-order valence-corrected chi connectivity index (χ4v) is 1.64. The monoisotopic (exact) mass is 245 g/mol. The van der Waals surface area contributed by atoms with Gasteiger partial charge in [0.15, 0.2) is 0 Å². The lowest BCUT2D eigenvalue weighted by Crippen LogP contribution is -2.46. The zero-order valence-electron chi connectivity index (χ0n) is 10.5. The molecule has 1 amide bonds. The summed E-state index contributed by atoms with van der Waals surface area (Å²) in [6.45, 7) is 4.45. The number of amides is 1. The Labute approximate surface area is 102 Å². The molecule has 6 nitrogen and oxygen atoms in total. The molecule has 0 saturated heterocycles. The Morgan fingerprint density at radius 1 is 1.35 bits per heavy atom. The largest absolute Gasteiger partial charge is 0.481 e. The summed E-state index contributed by atoms with van der Waals surface area (Å²) in [7, 11) is 0. The topological polar surface area (TPSA) is 118 Å². The molecule has 0 rings (SSSR count). The van der Waals surface area contributed by atoms with E-state index in [2.05, 4.69) is 5.32 Å². The minimum Gasteiger partial charge on any atom is -0.481 e. The number of carbonyl (C=O) groups is 2. The van der Waals surface area contributed by atoms with Crippen LogP contribution in [0, 0.1) is 11.8 Å². The van der Waals surface area contributed by atoms with E-state index in [0.29, 0.717) is 12.5 Å². The summed E-state index contributed by atoms with van der Waals surface area (Å²) in [4.78, 5) is 22.1. The molecule has 0 spiro atoms. The Morgan fingerprint density at radius 2 is 1.94 bits per heavy atom. The van der Waals surface area contributed by atoms with Gasteiger partial charge in [-0.05, 0) is 18.3 Å². The maximum absolute atomic E-state index is 11.4. The van der Waals surface area contributed by atoms with Gasteiger partial charge in [0.25, 0.3) is 0 Å². The molecule has 0 saturated carbocycles. The Hall–Kier alpha value is -1.14. The first kappa shape index (κ1) is 15.9. The lowest BCUT2D eigenvalue weighted by Gasteiger charge is -2.19. The van der Waals surface area contributed by atoms with Gasteiger partial charge in [0.2, 0.25) is 5.91 Å². The highest BCUT2D eigenvalue weighted by Crippen LogP contribution is 2.14. The Balaban J connectivity index is 4.15. The summed E-state index contributed by atoms with van der Waals surface area (Å²) in [5, 5.41) is 11.4.